The number of aromatic nitrogens is 1. The summed E-state index contributed by atoms with van der Waals surface area (Å²) in [5, 5.41) is 0. The van der Waals surface area contributed by atoms with Crippen molar-refractivity contribution in [2.75, 3.05) is 0 Å². The van der Waals surface area contributed by atoms with Crippen LogP contribution in [-0.2, 0) is 18.0 Å². The summed E-state index contributed by atoms with van der Waals surface area (Å²) in [6, 6.07) is 1.45. The van der Waals surface area contributed by atoms with Crippen molar-refractivity contribution < 1.29 is 4.21 Å². The van der Waals surface area contributed by atoms with Gasteiger partial charge >= 0.3 is 0 Å². The Morgan fingerprint density at radius 1 is 1.47 bits per heavy atom. The maximum Gasteiger partial charge on any atom is 0.250 e. The summed E-state index contributed by atoms with van der Waals surface area (Å²) >= 11 is 3.33. The van der Waals surface area contributed by atoms with Crippen LogP contribution in [0.4, 0.5) is 0 Å². The van der Waals surface area contributed by atoms with Crippen molar-refractivity contribution in [1.29, 1.82) is 0 Å². The van der Waals surface area contributed by atoms with E-state index in [9.17, 15) is 9.00 Å². The van der Waals surface area contributed by atoms with Crippen molar-refractivity contribution in [3.63, 3.8) is 0 Å². The van der Waals surface area contributed by atoms with E-state index < -0.39 is 15.7 Å². The fraction of sp³-hybridized carbons (Fsp3) is 0.455. The van der Waals surface area contributed by atoms with E-state index >= 15 is 0 Å². The molecule has 94 valence electrons. The SMILES string of the molecule is Cn1cc(Br)c(C=N[S@](=O)C(C)(C)C)cc1=O. The van der Waals surface area contributed by atoms with Gasteiger partial charge in [-0.2, -0.15) is 4.40 Å². The Hall–Kier alpha value is -0.750. The van der Waals surface area contributed by atoms with Gasteiger partial charge in [-0.1, -0.05) is 0 Å². The second-order valence-corrected chi connectivity index (χ2v) is 7.41. The molecule has 1 heterocycles. The van der Waals surface area contributed by atoms with Gasteiger partial charge in [-0.05, 0) is 36.7 Å². The fourth-order valence-corrected chi connectivity index (χ4v) is 2.02. The average Bonchev–Trinajstić information content (AvgIpc) is 2.19. The number of hydrogen-bond donors (Lipinski definition) is 0. The lowest BCUT2D eigenvalue weighted by atomic mass is 10.3. The van der Waals surface area contributed by atoms with Crippen LogP contribution in [0.15, 0.2) is 25.9 Å². The van der Waals surface area contributed by atoms with E-state index in [4.69, 9.17) is 0 Å². The third-order valence-electron chi connectivity index (χ3n) is 2.02. The van der Waals surface area contributed by atoms with Gasteiger partial charge in [0.2, 0.25) is 0 Å². The molecule has 0 spiro atoms. The normalized spacial score (nSPS) is 14.2. The fourth-order valence-electron chi connectivity index (χ4n) is 0.974. The lowest BCUT2D eigenvalue weighted by Crippen LogP contribution is -2.20. The maximum absolute atomic E-state index is 11.7. The van der Waals surface area contributed by atoms with Crippen molar-refractivity contribution in [2.24, 2.45) is 11.4 Å². The van der Waals surface area contributed by atoms with Crippen LogP contribution in [0.5, 0.6) is 0 Å². The van der Waals surface area contributed by atoms with Gasteiger partial charge in [-0.3, -0.25) is 4.79 Å². The van der Waals surface area contributed by atoms with Gasteiger partial charge in [-0.15, -0.1) is 0 Å². The predicted molar refractivity (Wildman–Crippen MR) is 74.9 cm³/mol. The number of hydrogen-bond acceptors (Lipinski definition) is 2. The summed E-state index contributed by atoms with van der Waals surface area (Å²) in [6.45, 7) is 5.54. The Bertz CT molecular complexity index is 529. The molecule has 6 heteroatoms. The number of halogens is 1. The molecule has 0 N–H and O–H groups in total. The van der Waals surface area contributed by atoms with Crippen molar-refractivity contribution in [1.82, 2.24) is 4.57 Å². The van der Waals surface area contributed by atoms with Crippen LogP contribution in [0.3, 0.4) is 0 Å². The van der Waals surface area contributed by atoms with Crippen LogP contribution >= 0.6 is 15.9 Å². The summed E-state index contributed by atoms with van der Waals surface area (Å²) in [7, 11) is 0.350. The molecule has 1 aromatic heterocycles. The van der Waals surface area contributed by atoms with Gasteiger partial charge in [-0.25, -0.2) is 4.21 Å². The van der Waals surface area contributed by atoms with E-state index in [1.807, 2.05) is 20.8 Å². The first-order chi connectivity index (χ1) is 7.71. The second-order valence-electron chi connectivity index (χ2n) is 4.62. The minimum atomic E-state index is -1.32. The van der Waals surface area contributed by atoms with E-state index in [1.54, 1.807) is 13.2 Å². The molecule has 1 rings (SSSR count). The van der Waals surface area contributed by atoms with E-state index in [1.165, 1.54) is 16.8 Å². The van der Waals surface area contributed by atoms with Crippen LogP contribution in [0, 0.1) is 0 Å². The summed E-state index contributed by atoms with van der Waals surface area (Å²) in [5.41, 5.74) is 0.502. The molecular formula is C11H15BrN2O2S. The third kappa shape index (κ3) is 3.89. The molecular weight excluding hydrogens is 304 g/mol. The summed E-state index contributed by atoms with van der Waals surface area (Å²) in [6.07, 6.45) is 3.12. The zero-order chi connectivity index (χ0) is 13.2. The van der Waals surface area contributed by atoms with E-state index in [0.717, 1.165) is 4.47 Å². The topological polar surface area (TPSA) is 51.4 Å². The van der Waals surface area contributed by atoms with Crippen LogP contribution in [-0.4, -0.2) is 19.7 Å². The first kappa shape index (κ1) is 14.3. The third-order valence-corrected chi connectivity index (χ3v) is 4.03. The lowest BCUT2D eigenvalue weighted by Gasteiger charge is -2.12. The number of rotatable bonds is 2. The van der Waals surface area contributed by atoms with Gasteiger partial charge in [0.15, 0.2) is 0 Å². The molecule has 1 atom stereocenters. The van der Waals surface area contributed by atoms with Crippen molar-refractivity contribution >= 4 is 33.1 Å². The largest absolute Gasteiger partial charge is 0.317 e. The monoisotopic (exact) mass is 318 g/mol. The molecule has 0 aliphatic rings. The minimum Gasteiger partial charge on any atom is -0.317 e. The second kappa shape index (κ2) is 5.27. The Kier molecular flexibility index (Phi) is 4.43. The Morgan fingerprint density at radius 3 is 2.59 bits per heavy atom. The van der Waals surface area contributed by atoms with Crippen LogP contribution < -0.4 is 5.56 Å². The van der Waals surface area contributed by atoms with Crippen molar-refractivity contribution in [2.45, 2.75) is 25.5 Å². The quantitative estimate of drug-likeness (QED) is 0.783. The Morgan fingerprint density at radius 2 is 2.06 bits per heavy atom. The molecule has 0 aliphatic heterocycles. The van der Waals surface area contributed by atoms with Gasteiger partial charge in [0.05, 0.1) is 4.75 Å². The highest BCUT2D eigenvalue weighted by Gasteiger charge is 2.18. The van der Waals surface area contributed by atoms with Crippen LogP contribution in [0.2, 0.25) is 0 Å². The number of pyridine rings is 1. The highest BCUT2D eigenvalue weighted by atomic mass is 79.9. The molecule has 0 unspecified atom stereocenters. The molecule has 17 heavy (non-hydrogen) atoms. The number of aryl methyl sites for hydroxylation is 1. The summed E-state index contributed by atoms with van der Waals surface area (Å²) in [4.78, 5) is 11.4. The molecule has 0 aromatic carbocycles. The molecule has 4 nitrogen and oxygen atoms in total. The van der Waals surface area contributed by atoms with E-state index in [0.29, 0.717) is 5.56 Å². The minimum absolute atomic E-state index is 0.129. The number of nitrogens with zero attached hydrogens (tertiary/aromatic N) is 2. The van der Waals surface area contributed by atoms with Crippen molar-refractivity contribution in [3.8, 4) is 0 Å². The Labute approximate surface area is 111 Å². The molecule has 0 amide bonds. The van der Waals surface area contributed by atoms with Gasteiger partial charge in [0.25, 0.3) is 5.56 Å². The molecule has 1 aromatic rings. The zero-order valence-electron chi connectivity index (χ0n) is 10.2. The zero-order valence-corrected chi connectivity index (χ0v) is 12.6. The predicted octanol–water partition coefficient (Wildman–Crippen LogP) is 2.03. The smallest absolute Gasteiger partial charge is 0.250 e. The average molecular weight is 319 g/mol. The maximum atomic E-state index is 11.7. The van der Waals surface area contributed by atoms with Crippen LogP contribution in [0.1, 0.15) is 26.3 Å². The van der Waals surface area contributed by atoms with E-state index in [-0.39, 0.29) is 5.56 Å². The van der Waals surface area contributed by atoms with Gasteiger partial charge in [0.1, 0.15) is 11.0 Å². The van der Waals surface area contributed by atoms with Gasteiger partial charge in [0, 0.05) is 35.6 Å². The molecule has 0 aliphatic carbocycles. The van der Waals surface area contributed by atoms with Crippen molar-refractivity contribution in [3.05, 3.63) is 32.7 Å². The first-order valence-corrected chi connectivity index (χ1v) is 6.94. The van der Waals surface area contributed by atoms with Crippen LogP contribution in [0.25, 0.3) is 0 Å². The summed E-state index contributed by atoms with van der Waals surface area (Å²) in [5.74, 6) is 0. The molecule has 0 saturated heterocycles. The highest BCUT2D eigenvalue weighted by Crippen LogP contribution is 2.14. The first-order valence-electron chi connectivity index (χ1n) is 5.04. The molecule has 0 radical (unpaired) electrons. The van der Waals surface area contributed by atoms with Gasteiger partial charge < -0.3 is 4.57 Å². The molecule has 0 saturated carbocycles. The van der Waals surface area contributed by atoms with E-state index in [2.05, 4.69) is 20.3 Å². The summed E-state index contributed by atoms with van der Waals surface area (Å²) < 4.78 is 17.5. The lowest BCUT2D eigenvalue weighted by molar-refractivity contribution is 0.651. The Balaban J connectivity index is 3.05. The standard InChI is InChI=1S/C11H15BrN2O2S/c1-11(2,3)17(16)13-6-8-5-10(15)14(4)7-9(8)12/h5-7H,1-4H3/t17-/m1/s1. The molecule has 0 fully saturated rings. The molecule has 0 bridgehead atoms. The highest BCUT2D eigenvalue weighted by molar-refractivity contribution is 9.10.